The highest BCUT2D eigenvalue weighted by Gasteiger charge is 2.36. The average molecular weight is 472 g/mol. The molecule has 2 aliphatic heterocycles. The van der Waals surface area contributed by atoms with E-state index in [0.29, 0.717) is 55.2 Å². The Morgan fingerprint density at radius 3 is 2.82 bits per heavy atom. The average Bonchev–Trinajstić information content (AvgIpc) is 3.39. The number of rotatable bonds is 6. The van der Waals surface area contributed by atoms with Crippen LogP contribution in [0.3, 0.4) is 0 Å². The zero-order valence-electron chi connectivity index (χ0n) is 18.7. The highest BCUT2D eigenvalue weighted by Crippen LogP contribution is 2.42. The maximum Gasteiger partial charge on any atom is 0.261 e. The Morgan fingerprint density at radius 1 is 1.29 bits per heavy atom. The lowest BCUT2D eigenvalue weighted by molar-refractivity contribution is 0.0447. The second kappa shape index (κ2) is 8.80. The molecule has 11 heteroatoms. The summed E-state index contributed by atoms with van der Waals surface area (Å²) in [5.41, 5.74) is 2.27. The Balaban J connectivity index is 1.45. The minimum atomic E-state index is -2.37. The summed E-state index contributed by atoms with van der Waals surface area (Å²) in [5.74, 6) is 0.298. The molecule has 1 aromatic carbocycles. The highest BCUT2D eigenvalue weighted by molar-refractivity contribution is 6.09. The Hall–Kier alpha value is -3.31. The lowest BCUT2D eigenvalue weighted by Gasteiger charge is -2.37. The van der Waals surface area contributed by atoms with Crippen LogP contribution in [0.1, 0.15) is 22.8 Å². The third-order valence-electron chi connectivity index (χ3n) is 6.32. The molecule has 180 valence electrons. The van der Waals surface area contributed by atoms with E-state index in [0.717, 1.165) is 11.3 Å². The summed E-state index contributed by atoms with van der Waals surface area (Å²) in [4.78, 5) is 21.2. The number of piperazine rings is 1. The SMILES string of the molecule is C[C@]1(CO)Cc2cc(NC(=O)c3cnn4cccnc34)c(N3CCN(CC(F)F)CC3)cc2O1. The Kier molecular flexibility index (Phi) is 5.82. The van der Waals surface area contributed by atoms with Crippen LogP contribution in [0, 0.1) is 0 Å². The number of carbonyl (C=O) groups is 1. The number of halogens is 2. The van der Waals surface area contributed by atoms with E-state index in [-0.39, 0.29) is 19.1 Å². The first-order valence-corrected chi connectivity index (χ1v) is 11.2. The van der Waals surface area contributed by atoms with E-state index >= 15 is 0 Å². The van der Waals surface area contributed by atoms with Gasteiger partial charge in [0.05, 0.1) is 30.7 Å². The van der Waals surface area contributed by atoms with Gasteiger partial charge in [-0.05, 0) is 19.1 Å². The summed E-state index contributed by atoms with van der Waals surface area (Å²) in [7, 11) is 0. The molecule has 9 nitrogen and oxygen atoms in total. The van der Waals surface area contributed by atoms with Gasteiger partial charge in [0, 0.05) is 56.6 Å². The van der Waals surface area contributed by atoms with Gasteiger partial charge in [-0.15, -0.1) is 0 Å². The van der Waals surface area contributed by atoms with E-state index in [4.69, 9.17) is 4.74 Å². The van der Waals surface area contributed by atoms with Crippen LogP contribution in [-0.2, 0) is 6.42 Å². The summed E-state index contributed by atoms with van der Waals surface area (Å²) in [5, 5.41) is 16.9. The fraction of sp³-hybridized carbons (Fsp3) is 0.435. The number of carbonyl (C=O) groups excluding carboxylic acids is 1. The lowest BCUT2D eigenvalue weighted by atomic mass is 9.99. The monoisotopic (exact) mass is 472 g/mol. The number of alkyl halides is 2. The van der Waals surface area contributed by atoms with Crippen LogP contribution >= 0.6 is 0 Å². The molecular weight excluding hydrogens is 446 g/mol. The largest absolute Gasteiger partial charge is 0.484 e. The summed E-state index contributed by atoms with van der Waals surface area (Å²) in [6.45, 7) is 3.48. The van der Waals surface area contributed by atoms with Crippen LogP contribution in [0.2, 0.25) is 0 Å². The van der Waals surface area contributed by atoms with Gasteiger partial charge in [-0.2, -0.15) is 5.10 Å². The number of hydrogen-bond acceptors (Lipinski definition) is 7. The molecule has 2 N–H and O–H groups in total. The maximum atomic E-state index is 13.2. The van der Waals surface area contributed by atoms with Crippen molar-refractivity contribution >= 4 is 22.9 Å². The van der Waals surface area contributed by atoms with Gasteiger partial charge in [-0.1, -0.05) is 0 Å². The smallest absolute Gasteiger partial charge is 0.261 e. The van der Waals surface area contributed by atoms with Crippen LogP contribution in [0.4, 0.5) is 20.2 Å². The number of benzene rings is 1. The van der Waals surface area contributed by atoms with Crippen molar-refractivity contribution in [3.63, 3.8) is 0 Å². The van der Waals surface area contributed by atoms with Crippen molar-refractivity contribution in [3.05, 3.63) is 47.9 Å². The van der Waals surface area contributed by atoms with Gasteiger partial charge in [0.2, 0.25) is 0 Å². The van der Waals surface area contributed by atoms with Crippen molar-refractivity contribution in [2.45, 2.75) is 25.4 Å². The van der Waals surface area contributed by atoms with Gasteiger partial charge < -0.3 is 20.1 Å². The Bertz CT molecular complexity index is 1210. The van der Waals surface area contributed by atoms with Crippen molar-refractivity contribution in [2.75, 3.05) is 49.5 Å². The van der Waals surface area contributed by atoms with E-state index in [1.54, 1.807) is 23.4 Å². The first kappa shape index (κ1) is 22.5. The number of aliphatic hydroxyl groups excluding tert-OH is 1. The van der Waals surface area contributed by atoms with Crippen molar-refractivity contribution < 1.29 is 23.4 Å². The van der Waals surface area contributed by atoms with Gasteiger partial charge in [-0.3, -0.25) is 9.69 Å². The molecule has 3 aromatic rings. The van der Waals surface area contributed by atoms with Crippen molar-refractivity contribution in [2.24, 2.45) is 0 Å². The zero-order valence-corrected chi connectivity index (χ0v) is 18.7. The highest BCUT2D eigenvalue weighted by atomic mass is 19.3. The number of nitrogens with one attached hydrogen (secondary N) is 1. The molecule has 0 spiro atoms. The molecule has 1 saturated heterocycles. The minimum Gasteiger partial charge on any atom is -0.484 e. The topological polar surface area (TPSA) is 95.2 Å². The number of anilines is 2. The number of ether oxygens (including phenoxy) is 1. The van der Waals surface area contributed by atoms with Crippen molar-refractivity contribution in [1.29, 1.82) is 0 Å². The predicted molar refractivity (Wildman–Crippen MR) is 122 cm³/mol. The van der Waals surface area contributed by atoms with Gasteiger partial charge >= 0.3 is 0 Å². The molecule has 1 fully saturated rings. The Morgan fingerprint density at radius 2 is 2.09 bits per heavy atom. The first-order chi connectivity index (χ1) is 16.3. The molecule has 2 aliphatic rings. The van der Waals surface area contributed by atoms with E-state index in [1.165, 1.54) is 10.7 Å². The molecule has 1 amide bonds. The van der Waals surface area contributed by atoms with Gasteiger partial charge in [0.15, 0.2) is 5.65 Å². The zero-order chi connectivity index (χ0) is 23.9. The molecule has 0 unspecified atom stereocenters. The summed E-state index contributed by atoms with van der Waals surface area (Å²) in [6, 6.07) is 5.46. The Labute approximate surface area is 194 Å². The van der Waals surface area contributed by atoms with Crippen molar-refractivity contribution in [1.82, 2.24) is 19.5 Å². The number of nitrogens with zero attached hydrogens (tertiary/aromatic N) is 5. The quantitative estimate of drug-likeness (QED) is 0.567. The molecule has 0 radical (unpaired) electrons. The van der Waals surface area contributed by atoms with Crippen molar-refractivity contribution in [3.8, 4) is 5.75 Å². The van der Waals surface area contributed by atoms with Crippen LogP contribution < -0.4 is 15.0 Å². The maximum absolute atomic E-state index is 13.2. The third kappa shape index (κ3) is 4.28. The van der Waals surface area contributed by atoms with Gasteiger partial charge in [0.1, 0.15) is 16.9 Å². The fourth-order valence-corrected chi connectivity index (χ4v) is 4.54. The van der Waals surface area contributed by atoms with E-state index in [2.05, 4.69) is 20.3 Å². The number of fused-ring (bicyclic) bond motifs is 2. The molecule has 5 rings (SSSR count). The fourth-order valence-electron chi connectivity index (χ4n) is 4.54. The number of amides is 1. The number of aliphatic hydroxyl groups is 1. The van der Waals surface area contributed by atoms with Gasteiger partial charge in [0.25, 0.3) is 12.3 Å². The summed E-state index contributed by atoms with van der Waals surface area (Å²) >= 11 is 0. The molecule has 0 saturated carbocycles. The number of hydrogen-bond donors (Lipinski definition) is 2. The molecule has 2 aromatic heterocycles. The lowest BCUT2D eigenvalue weighted by Crippen LogP contribution is -2.48. The minimum absolute atomic E-state index is 0.140. The van der Waals surface area contributed by atoms with E-state index < -0.39 is 12.0 Å². The standard InChI is InChI=1S/C23H26F2N6O3/c1-23(14-32)11-15-9-17(28-22(33)16-12-27-31-4-2-3-26-21(16)31)18(10-19(15)34-23)30-7-5-29(6-8-30)13-20(24)25/h2-4,9-10,12,20,32H,5-8,11,13-14H2,1H3,(H,28,33)/t23-/m1/s1. The van der Waals surface area contributed by atoms with Gasteiger partial charge in [-0.25, -0.2) is 18.3 Å². The van der Waals surface area contributed by atoms with Crippen LogP contribution in [0.5, 0.6) is 5.75 Å². The second-order valence-electron chi connectivity index (χ2n) is 8.94. The molecule has 0 aliphatic carbocycles. The summed E-state index contributed by atoms with van der Waals surface area (Å²) < 4.78 is 33.1. The van der Waals surface area contributed by atoms with E-state index in [9.17, 15) is 18.7 Å². The van der Waals surface area contributed by atoms with Crippen LogP contribution in [-0.4, -0.2) is 81.9 Å². The van der Waals surface area contributed by atoms with Crippen LogP contribution in [0.25, 0.3) is 5.65 Å². The molecule has 4 heterocycles. The molecule has 1 atom stereocenters. The molecular formula is C23H26F2N6O3. The summed E-state index contributed by atoms with van der Waals surface area (Å²) in [6.07, 6.45) is 2.92. The predicted octanol–water partition coefficient (Wildman–Crippen LogP) is 2.05. The van der Waals surface area contributed by atoms with Crippen LogP contribution in [0.15, 0.2) is 36.8 Å². The second-order valence-corrected chi connectivity index (χ2v) is 8.94. The molecule has 34 heavy (non-hydrogen) atoms. The van der Waals surface area contributed by atoms with E-state index in [1.807, 2.05) is 19.1 Å². The molecule has 0 bridgehead atoms. The normalized spacial score (nSPS) is 20.6. The first-order valence-electron chi connectivity index (χ1n) is 11.2. The third-order valence-corrected chi connectivity index (χ3v) is 6.32. The number of aromatic nitrogens is 3.